The third-order valence-corrected chi connectivity index (χ3v) is 2.43. The summed E-state index contributed by atoms with van der Waals surface area (Å²) in [4.78, 5) is 11.1. The zero-order valence-corrected chi connectivity index (χ0v) is 7.30. The third-order valence-electron chi connectivity index (χ3n) is 2.43. The highest BCUT2D eigenvalue weighted by Crippen LogP contribution is 2.34. The number of Topliss-reactive ketones (excluding diaryl/α,β-unsaturated/α-hetero) is 1. The van der Waals surface area contributed by atoms with Gasteiger partial charge in [-0.3, -0.25) is 4.79 Å². The maximum Gasteiger partial charge on any atom is 0.167 e. The van der Waals surface area contributed by atoms with Gasteiger partial charge in [-0.05, 0) is 0 Å². The molecule has 13 heavy (non-hydrogen) atoms. The Labute approximate surface area is 75.6 Å². The number of hydrogen-bond acceptors (Lipinski definition) is 5. The second kappa shape index (κ2) is 3.34. The molecule has 0 saturated carbocycles. The topological polar surface area (TPSA) is 65.0 Å². The molecule has 0 aromatic carbocycles. The summed E-state index contributed by atoms with van der Waals surface area (Å²) in [5, 5.41) is 9.55. The first-order valence-corrected chi connectivity index (χ1v) is 4.21. The van der Waals surface area contributed by atoms with Crippen molar-refractivity contribution in [2.24, 2.45) is 0 Å². The van der Waals surface area contributed by atoms with Gasteiger partial charge >= 0.3 is 0 Å². The van der Waals surface area contributed by atoms with Crippen LogP contribution in [0.25, 0.3) is 0 Å². The number of methoxy groups -OCH3 is 1. The van der Waals surface area contributed by atoms with Gasteiger partial charge in [-0.2, -0.15) is 0 Å². The summed E-state index contributed by atoms with van der Waals surface area (Å²) in [7, 11) is 1.51. The number of ketones is 1. The van der Waals surface area contributed by atoms with E-state index < -0.39 is 18.3 Å². The zero-order valence-electron chi connectivity index (χ0n) is 7.30. The van der Waals surface area contributed by atoms with Crippen LogP contribution in [0, 0.1) is 0 Å². The number of rotatable bonds is 3. The molecule has 2 saturated heterocycles. The van der Waals surface area contributed by atoms with Gasteiger partial charge in [-0.15, -0.1) is 0 Å². The number of carbonyl (C=O) groups excluding carboxylic acids is 1. The molecule has 2 bridgehead atoms. The van der Waals surface area contributed by atoms with E-state index in [0.29, 0.717) is 6.42 Å². The van der Waals surface area contributed by atoms with E-state index in [4.69, 9.17) is 14.2 Å². The number of fused-ring (bicyclic) bond motifs is 2. The van der Waals surface area contributed by atoms with E-state index in [1.54, 1.807) is 0 Å². The highest BCUT2D eigenvalue weighted by Gasteiger charge is 2.54. The average Bonchev–Trinajstić information content (AvgIpc) is 2.59. The van der Waals surface area contributed by atoms with Crippen molar-refractivity contribution in [1.29, 1.82) is 0 Å². The molecule has 0 aromatic heterocycles. The quantitative estimate of drug-likeness (QED) is 0.580. The molecule has 0 radical (unpaired) electrons. The Balaban J connectivity index is 1.97. The van der Waals surface area contributed by atoms with E-state index in [-0.39, 0.29) is 18.7 Å². The lowest BCUT2D eigenvalue weighted by Gasteiger charge is -2.22. The van der Waals surface area contributed by atoms with Crippen molar-refractivity contribution in [1.82, 2.24) is 0 Å². The Morgan fingerprint density at radius 1 is 1.69 bits per heavy atom. The number of hydrogen-bond donors (Lipinski definition) is 1. The molecule has 5 nitrogen and oxygen atoms in total. The lowest BCUT2D eigenvalue weighted by Crippen LogP contribution is -2.43. The Morgan fingerprint density at radius 2 is 2.46 bits per heavy atom. The van der Waals surface area contributed by atoms with E-state index in [1.165, 1.54) is 7.11 Å². The van der Waals surface area contributed by atoms with Crippen molar-refractivity contribution in [2.45, 2.75) is 30.8 Å². The normalized spacial score (nSPS) is 43.1. The largest absolute Gasteiger partial charge is 0.387 e. The molecule has 4 atom stereocenters. The maximum atomic E-state index is 11.1. The van der Waals surface area contributed by atoms with Crippen LogP contribution in [0.1, 0.15) is 6.42 Å². The fourth-order valence-electron chi connectivity index (χ4n) is 1.84. The van der Waals surface area contributed by atoms with Crippen LogP contribution in [-0.4, -0.2) is 49.2 Å². The molecule has 2 rings (SSSR count). The van der Waals surface area contributed by atoms with E-state index >= 15 is 0 Å². The minimum Gasteiger partial charge on any atom is -0.387 e. The Kier molecular flexibility index (Phi) is 2.33. The molecule has 0 amide bonds. The average molecular weight is 188 g/mol. The third kappa shape index (κ3) is 1.38. The van der Waals surface area contributed by atoms with E-state index in [9.17, 15) is 9.90 Å². The van der Waals surface area contributed by atoms with Gasteiger partial charge in [0.05, 0.1) is 6.10 Å². The first kappa shape index (κ1) is 9.08. The first-order valence-electron chi connectivity index (χ1n) is 4.21. The van der Waals surface area contributed by atoms with Crippen LogP contribution in [0.2, 0.25) is 0 Å². The van der Waals surface area contributed by atoms with Crippen molar-refractivity contribution in [2.75, 3.05) is 13.9 Å². The molecule has 74 valence electrons. The summed E-state index contributed by atoms with van der Waals surface area (Å²) < 4.78 is 15.1. The molecule has 5 heteroatoms. The molecule has 2 aliphatic rings. The molecule has 0 spiro atoms. The second-order valence-electron chi connectivity index (χ2n) is 3.29. The monoisotopic (exact) mass is 188 g/mol. The van der Waals surface area contributed by atoms with Gasteiger partial charge in [0, 0.05) is 13.5 Å². The molecule has 0 aromatic rings. The first-order chi connectivity index (χ1) is 6.24. The van der Waals surface area contributed by atoms with E-state index in [0.717, 1.165) is 0 Å². The van der Waals surface area contributed by atoms with Crippen molar-refractivity contribution >= 4 is 5.78 Å². The highest BCUT2D eigenvalue weighted by atomic mass is 16.7. The van der Waals surface area contributed by atoms with Gasteiger partial charge in [-0.1, -0.05) is 0 Å². The van der Waals surface area contributed by atoms with Crippen LogP contribution >= 0.6 is 0 Å². The van der Waals surface area contributed by atoms with Crippen molar-refractivity contribution in [3.05, 3.63) is 0 Å². The van der Waals surface area contributed by atoms with Gasteiger partial charge < -0.3 is 19.3 Å². The summed E-state index contributed by atoms with van der Waals surface area (Å²) in [6.07, 6.45) is -1.87. The lowest BCUT2D eigenvalue weighted by molar-refractivity contribution is -0.136. The van der Waals surface area contributed by atoms with Crippen LogP contribution in [0.5, 0.6) is 0 Å². The standard InChI is InChI=1S/C8H12O5/c1-11-3-12-8-5-2-4(9)7(13-5)6(8)10/h5-8,10H,2-3H2,1H3. The maximum absolute atomic E-state index is 11.1. The number of carbonyl (C=O) groups is 1. The molecule has 2 fully saturated rings. The molecular weight excluding hydrogens is 176 g/mol. The van der Waals surface area contributed by atoms with E-state index in [1.807, 2.05) is 0 Å². The fourth-order valence-corrected chi connectivity index (χ4v) is 1.84. The summed E-state index contributed by atoms with van der Waals surface area (Å²) in [6.45, 7) is 0.114. The second-order valence-corrected chi connectivity index (χ2v) is 3.29. The zero-order chi connectivity index (χ0) is 9.42. The van der Waals surface area contributed by atoms with Crippen molar-refractivity contribution < 1.29 is 24.1 Å². The molecular formula is C8H12O5. The smallest absolute Gasteiger partial charge is 0.167 e. The van der Waals surface area contributed by atoms with E-state index in [2.05, 4.69) is 0 Å². The summed E-state index contributed by atoms with van der Waals surface area (Å²) in [5.41, 5.74) is 0. The van der Waals surface area contributed by atoms with Gasteiger partial charge in [0.2, 0.25) is 0 Å². The lowest BCUT2D eigenvalue weighted by atomic mass is 9.94. The summed E-state index contributed by atoms with van der Waals surface area (Å²) >= 11 is 0. The predicted octanol–water partition coefficient (Wildman–Crippen LogP) is -0.923. The Hall–Kier alpha value is -0.490. The molecule has 2 heterocycles. The number of aliphatic hydroxyl groups is 1. The minimum absolute atomic E-state index is 0.0326. The predicted molar refractivity (Wildman–Crippen MR) is 41.0 cm³/mol. The van der Waals surface area contributed by atoms with Crippen LogP contribution in [0.3, 0.4) is 0 Å². The molecule has 1 N–H and O–H groups in total. The van der Waals surface area contributed by atoms with Gasteiger partial charge in [0.25, 0.3) is 0 Å². The van der Waals surface area contributed by atoms with Gasteiger partial charge in [0.15, 0.2) is 5.78 Å². The van der Waals surface area contributed by atoms with Crippen LogP contribution in [-0.2, 0) is 19.0 Å². The SMILES string of the molecule is COCOC1C2CC(=O)C(O2)C1O. The Morgan fingerprint density at radius 3 is 3.00 bits per heavy atom. The molecule has 0 aliphatic carbocycles. The van der Waals surface area contributed by atoms with Crippen molar-refractivity contribution in [3.8, 4) is 0 Å². The van der Waals surface area contributed by atoms with Crippen LogP contribution in [0.15, 0.2) is 0 Å². The summed E-state index contributed by atoms with van der Waals surface area (Å²) in [5.74, 6) is -0.0326. The number of aliphatic hydroxyl groups excluding tert-OH is 1. The highest BCUT2D eigenvalue weighted by molar-refractivity contribution is 5.87. The summed E-state index contributed by atoms with van der Waals surface area (Å²) in [6, 6.07) is 0. The Bertz CT molecular complexity index is 215. The minimum atomic E-state index is -0.832. The molecule has 4 unspecified atom stereocenters. The van der Waals surface area contributed by atoms with Crippen LogP contribution < -0.4 is 0 Å². The van der Waals surface area contributed by atoms with Crippen molar-refractivity contribution in [3.63, 3.8) is 0 Å². The fraction of sp³-hybridized carbons (Fsp3) is 0.875. The van der Waals surface area contributed by atoms with Gasteiger partial charge in [-0.25, -0.2) is 0 Å². The number of ether oxygens (including phenoxy) is 3. The van der Waals surface area contributed by atoms with Crippen LogP contribution in [0.4, 0.5) is 0 Å². The van der Waals surface area contributed by atoms with Gasteiger partial charge in [0.1, 0.15) is 25.1 Å². The molecule has 2 aliphatic heterocycles.